The molecule has 0 aliphatic heterocycles. The Balaban J connectivity index is 1.63. The smallest absolute Gasteiger partial charge is 0.213 e. The van der Waals surface area contributed by atoms with Gasteiger partial charge >= 0.3 is 0 Å². The number of nitrogens with one attached hydrogen (secondary N) is 1. The molecule has 0 spiro atoms. The Morgan fingerprint density at radius 3 is 2.75 bits per heavy atom. The number of methoxy groups -OCH3 is 1. The summed E-state index contributed by atoms with van der Waals surface area (Å²) in [6.07, 6.45) is 2.36. The molecule has 0 atom stereocenters. The summed E-state index contributed by atoms with van der Waals surface area (Å²) in [5, 5.41) is 10.3. The maximum atomic E-state index is 9.21. The quantitative estimate of drug-likeness (QED) is 0.427. The van der Waals surface area contributed by atoms with Crippen molar-refractivity contribution in [1.29, 1.82) is 5.26 Å². The first kappa shape index (κ1) is 19.5. The van der Waals surface area contributed by atoms with E-state index >= 15 is 0 Å². The van der Waals surface area contributed by atoms with E-state index in [0.29, 0.717) is 17.9 Å². The summed E-state index contributed by atoms with van der Waals surface area (Å²) in [5.74, 6) is 1.33. The van der Waals surface area contributed by atoms with E-state index in [4.69, 9.17) is 9.72 Å². The van der Waals surface area contributed by atoms with Crippen molar-refractivity contribution < 1.29 is 4.74 Å². The maximum Gasteiger partial charge on any atom is 0.213 e. The van der Waals surface area contributed by atoms with Crippen molar-refractivity contribution in [3.63, 3.8) is 0 Å². The summed E-state index contributed by atoms with van der Waals surface area (Å²) in [6, 6.07) is 25.5. The van der Waals surface area contributed by atoms with Crippen molar-refractivity contribution in [3.05, 3.63) is 95.9 Å². The van der Waals surface area contributed by atoms with Gasteiger partial charge in [0.1, 0.15) is 5.82 Å². The largest absolute Gasteiger partial charge is 0.481 e. The highest BCUT2D eigenvalue weighted by atomic mass is 16.5. The van der Waals surface area contributed by atoms with Crippen molar-refractivity contribution in [3.8, 4) is 34.6 Å². The van der Waals surface area contributed by atoms with Crippen LogP contribution in [0.25, 0.3) is 33.5 Å². The summed E-state index contributed by atoms with van der Waals surface area (Å²) in [7, 11) is 1.60. The molecule has 0 fully saturated rings. The third kappa shape index (κ3) is 3.80. The molecule has 0 bridgehead atoms. The molecule has 0 radical (unpaired) electrons. The van der Waals surface area contributed by atoms with Crippen LogP contribution in [0, 0.1) is 11.3 Å². The van der Waals surface area contributed by atoms with Crippen LogP contribution >= 0.6 is 0 Å². The fraction of sp³-hybridized carbons (Fsp3) is 0.0769. The van der Waals surface area contributed by atoms with E-state index < -0.39 is 0 Å². The average molecular weight is 417 g/mol. The molecule has 6 heteroatoms. The van der Waals surface area contributed by atoms with E-state index in [9.17, 15) is 5.26 Å². The highest BCUT2D eigenvalue weighted by Crippen LogP contribution is 2.32. The Kier molecular flexibility index (Phi) is 5.06. The van der Waals surface area contributed by atoms with Crippen LogP contribution in [0.1, 0.15) is 17.0 Å². The lowest BCUT2D eigenvalue weighted by atomic mass is 10.1. The Labute approximate surface area is 185 Å². The fourth-order valence-corrected chi connectivity index (χ4v) is 3.74. The van der Waals surface area contributed by atoms with Crippen molar-refractivity contribution in [1.82, 2.24) is 19.9 Å². The van der Waals surface area contributed by atoms with Crippen molar-refractivity contribution in [2.75, 3.05) is 7.11 Å². The van der Waals surface area contributed by atoms with Gasteiger partial charge in [0.25, 0.3) is 0 Å². The zero-order chi connectivity index (χ0) is 21.9. The number of hydrogen-bond donors (Lipinski definition) is 1. The highest BCUT2D eigenvalue weighted by Gasteiger charge is 2.17. The van der Waals surface area contributed by atoms with Crippen LogP contribution in [0.2, 0.25) is 0 Å². The van der Waals surface area contributed by atoms with Crippen LogP contribution in [0.15, 0.2) is 79.0 Å². The van der Waals surface area contributed by atoms with Gasteiger partial charge in [0.15, 0.2) is 0 Å². The number of pyridine rings is 2. The van der Waals surface area contributed by atoms with Gasteiger partial charge in [-0.25, -0.2) is 9.97 Å². The van der Waals surface area contributed by atoms with E-state index in [1.165, 1.54) is 0 Å². The second-order valence-electron chi connectivity index (χ2n) is 7.37. The monoisotopic (exact) mass is 417 g/mol. The van der Waals surface area contributed by atoms with Gasteiger partial charge in [-0.3, -0.25) is 4.98 Å². The van der Waals surface area contributed by atoms with Crippen LogP contribution in [0.3, 0.4) is 0 Å². The highest BCUT2D eigenvalue weighted by molar-refractivity contribution is 5.86. The minimum atomic E-state index is 0.536. The van der Waals surface area contributed by atoms with Gasteiger partial charge < -0.3 is 9.72 Å². The number of fused-ring (bicyclic) bond motifs is 1. The first-order valence-electron chi connectivity index (χ1n) is 10.2. The predicted molar refractivity (Wildman–Crippen MR) is 123 cm³/mol. The number of nitrogens with zero attached hydrogens (tertiary/aromatic N) is 4. The number of H-pyrrole nitrogens is 1. The Bertz CT molecular complexity index is 1460. The molecule has 6 nitrogen and oxygen atoms in total. The molecule has 2 aromatic carbocycles. The van der Waals surface area contributed by atoms with Gasteiger partial charge in [0.05, 0.1) is 41.3 Å². The maximum absolute atomic E-state index is 9.21. The normalized spacial score (nSPS) is 10.8. The van der Waals surface area contributed by atoms with Gasteiger partial charge in [-0.2, -0.15) is 5.26 Å². The molecule has 3 heterocycles. The van der Waals surface area contributed by atoms with Gasteiger partial charge in [-0.1, -0.05) is 30.3 Å². The molecule has 3 aromatic heterocycles. The summed E-state index contributed by atoms with van der Waals surface area (Å²) in [6.45, 7) is 0. The number of aromatic nitrogens is 4. The second-order valence-corrected chi connectivity index (χ2v) is 7.37. The van der Waals surface area contributed by atoms with Crippen LogP contribution in [0.5, 0.6) is 5.88 Å². The molecule has 1 N–H and O–H groups in total. The third-order valence-corrected chi connectivity index (χ3v) is 5.25. The molecule has 0 unspecified atom stereocenters. The molecule has 0 saturated carbocycles. The van der Waals surface area contributed by atoms with Gasteiger partial charge in [-0.15, -0.1) is 0 Å². The Morgan fingerprint density at radius 1 is 0.969 bits per heavy atom. The van der Waals surface area contributed by atoms with E-state index in [1.54, 1.807) is 19.4 Å². The number of rotatable bonds is 5. The molecule has 154 valence electrons. The average Bonchev–Trinajstić information content (AvgIpc) is 3.27. The molecule has 0 amide bonds. The summed E-state index contributed by atoms with van der Waals surface area (Å²) < 4.78 is 5.32. The fourth-order valence-electron chi connectivity index (χ4n) is 3.74. The molecule has 0 aliphatic carbocycles. The van der Waals surface area contributed by atoms with E-state index in [-0.39, 0.29) is 0 Å². The minimum absolute atomic E-state index is 0.536. The Hall–Kier alpha value is -4.50. The summed E-state index contributed by atoms with van der Waals surface area (Å²) in [4.78, 5) is 17.4. The SMILES string of the molecule is COc1cccc(-c2[nH]c(Cc3cccc(C#N)c3)nc2-c2ccc3ncccc3c2)n1. The molecular formula is C26H19N5O. The Morgan fingerprint density at radius 2 is 1.88 bits per heavy atom. The summed E-state index contributed by atoms with van der Waals surface area (Å²) >= 11 is 0. The molecule has 32 heavy (non-hydrogen) atoms. The van der Waals surface area contributed by atoms with E-state index in [0.717, 1.165) is 44.9 Å². The number of aromatic amines is 1. The van der Waals surface area contributed by atoms with Crippen molar-refractivity contribution >= 4 is 10.9 Å². The van der Waals surface area contributed by atoms with Crippen molar-refractivity contribution in [2.24, 2.45) is 0 Å². The zero-order valence-electron chi connectivity index (χ0n) is 17.4. The number of imidazole rings is 1. The number of ether oxygens (including phenoxy) is 1. The van der Waals surface area contributed by atoms with Gasteiger partial charge in [-0.05, 0) is 42.0 Å². The number of benzene rings is 2. The van der Waals surface area contributed by atoms with Crippen molar-refractivity contribution in [2.45, 2.75) is 6.42 Å². The molecule has 0 saturated heterocycles. The topological polar surface area (TPSA) is 87.5 Å². The van der Waals surface area contributed by atoms with E-state index in [1.807, 2.05) is 60.7 Å². The van der Waals surface area contributed by atoms with Crippen LogP contribution in [-0.4, -0.2) is 27.0 Å². The molecule has 0 aliphatic rings. The lowest BCUT2D eigenvalue weighted by Gasteiger charge is -2.05. The zero-order valence-corrected chi connectivity index (χ0v) is 17.4. The predicted octanol–water partition coefficient (Wildman–Crippen LogP) is 5.16. The van der Waals surface area contributed by atoms with Crippen LogP contribution < -0.4 is 4.74 Å². The van der Waals surface area contributed by atoms with Gasteiger partial charge in [0, 0.05) is 29.6 Å². The van der Waals surface area contributed by atoms with Gasteiger partial charge in [0.2, 0.25) is 5.88 Å². The molecule has 5 aromatic rings. The number of nitriles is 1. The molecular weight excluding hydrogens is 398 g/mol. The standard InChI is InChI=1S/C26H19N5O/c1-32-24-9-3-8-22(29-24)26-25(20-10-11-21-19(15-20)7-4-12-28-21)30-23(31-26)14-17-5-2-6-18(13-17)16-27/h2-13,15H,14H2,1H3,(H,30,31). The lowest BCUT2D eigenvalue weighted by Crippen LogP contribution is -1.92. The number of hydrogen-bond acceptors (Lipinski definition) is 5. The van der Waals surface area contributed by atoms with Crippen LogP contribution in [-0.2, 0) is 6.42 Å². The third-order valence-electron chi connectivity index (χ3n) is 5.25. The first-order valence-corrected chi connectivity index (χ1v) is 10.2. The first-order chi connectivity index (χ1) is 15.7. The van der Waals surface area contributed by atoms with Crippen LogP contribution in [0.4, 0.5) is 0 Å². The summed E-state index contributed by atoms with van der Waals surface area (Å²) in [5.41, 5.74) is 5.92. The van der Waals surface area contributed by atoms with E-state index in [2.05, 4.69) is 27.1 Å². The lowest BCUT2D eigenvalue weighted by molar-refractivity contribution is 0.398. The minimum Gasteiger partial charge on any atom is -0.481 e. The second kappa shape index (κ2) is 8.32. The molecule has 5 rings (SSSR count).